The predicted molar refractivity (Wildman–Crippen MR) is 62.0 cm³/mol. The van der Waals surface area contributed by atoms with Gasteiger partial charge in [-0.3, -0.25) is 9.59 Å². The third-order valence-electron chi connectivity index (χ3n) is 2.24. The molecule has 1 rings (SSSR count). The van der Waals surface area contributed by atoms with E-state index in [1.54, 1.807) is 12.1 Å². The van der Waals surface area contributed by atoms with Gasteiger partial charge in [-0.15, -0.1) is 0 Å². The Balaban J connectivity index is 2.70. The van der Waals surface area contributed by atoms with Crippen molar-refractivity contribution in [3.63, 3.8) is 0 Å². The minimum atomic E-state index is -0.796. The molecule has 6 N–H and O–H groups in total. The fourth-order valence-corrected chi connectivity index (χ4v) is 1.34. The van der Waals surface area contributed by atoms with Gasteiger partial charge in [0.05, 0.1) is 6.54 Å². The van der Waals surface area contributed by atoms with Crippen LogP contribution in [0.15, 0.2) is 24.3 Å². The first-order valence-electron chi connectivity index (χ1n) is 5.09. The zero-order valence-corrected chi connectivity index (χ0v) is 9.22. The van der Waals surface area contributed by atoms with Crippen LogP contribution in [0, 0.1) is 0 Å². The van der Waals surface area contributed by atoms with Gasteiger partial charge >= 0.3 is 0 Å². The van der Waals surface area contributed by atoms with E-state index in [4.69, 9.17) is 16.6 Å². The number of primary amides is 1. The highest BCUT2D eigenvalue weighted by atomic mass is 16.3. The lowest BCUT2D eigenvalue weighted by Gasteiger charge is -2.14. The van der Waals surface area contributed by atoms with E-state index >= 15 is 0 Å². The van der Waals surface area contributed by atoms with Crippen LogP contribution in [-0.2, 0) is 16.0 Å². The Hall–Kier alpha value is -2.08. The molecule has 0 bridgehead atoms. The summed E-state index contributed by atoms with van der Waals surface area (Å²) >= 11 is 0. The minimum Gasteiger partial charge on any atom is -0.508 e. The quantitative estimate of drug-likeness (QED) is 0.517. The summed E-state index contributed by atoms with van der Waals surface area (Å²) in [6.45, 7) is -0.195. The molecule has 17 heavy (non-hydrogen) atoms. The third kappa shape index (κ3) is 4.12. The van der Waals surface area contributed by atoms with Crippen molar-refractivity contribution in [3.8, 4) is 5.75 Å². The number of carbonyl (C=O) groups excluding carboxylic acids is 2. The smallest absolute Gasteiger partial charge is 0.240 e. The van der Waals surface area contributed by atoms with Crippen molar-refractivity contribution in [2.45, 2.75) is 12.5 Å². The van der Waals surface area contributed by atoms with Gasteiger partial charge in [-0.05, 0) is 17.7 Å². The van der Waals surface area contributed by atoms with E-state index in [9.17, 15) is 9.59 Å². The summed E-state index contributed by atoms with van der Waals surface area (Å²) in [7, 11) is 0. The molecule has 6 heteroatoms. The molecule has 0 saturated carbocycles. The highest BCUT2D eigenvalue weighted by Gasteiger charge is 2.17. The normalized spacial score (nSPS) is 11.8. The van der Waals surface area contributed by atoms with E-state index in [2.05, 4.69) is 5.32 Å². The van der Waals surface area contributed by atoms with Crippen LogP contribution in [-0.4, -0.2) is 29.5 Å². The van der Waals surface area contributed by atoms with Crippen molar-refractivity contribution in [1.29, 1.82) is 0 Å². The standard InChI is InChI=1S/C11H15N3O3/c12-6-10(16)14-9(11(13)17)5-7-1-3-8(15)4-2-7/h1-4,9,15H,5-6,12H2,(H2,13,17)(H,14,16)/t9-/m0/s1. The van der Waals surface area contributed by atoms with E-state index in [1.165, 1.54) is 12.1 Å². The first kappa shape index (κ1) is 13.0. The van der Waals surface area contributed by atoms with Crippen molar-refractivity contribution in [2.24, 2.45) is 11.5 Å². The fraction of sp³-hybridized carbons (Fsp3) is 0.273. The van der Waals surface area contributed by atoms with Crippen LogP contribution in [0.2, 0.25) is 0 Å². The number of rotatable bonds is 5. The summed E-state index contributed by atoms with van der Waals surface area (Å²) in [5.41, 5.74) is 11.1. The van der Waals surface area contributed by atoms with Crippen LogP contribution in [0.5, 0.6) is 5.75 Å². The van der Waals surface area contributed by atoms with Crippen molar-refractivity contribution >= 4 is 11.8 Å². The van der Waals surface area contributed by atoms with Crippen molar-refractivity contribution in [1.82, 2.24) is 5.32 Å². The van der Waals surface area contributed by atoms with Crippen LogP contribution in [0.3, 0.4) is 0 Å². The average Bonchev–Trinajstić information content (AvgIpc) is 2.30. The van der Waals surface area contributed by atoms with Gasteiger partial charge in [0.1, 0.15) is 11.8 Å². The van der Waals surface area contributed by atoms with E-state index in [0.29, 0.717) is 0 Å². The summed E-state index contributed by atoms with van der Waals surface area (Å²) in [6, 6.07) is 5.51. The number of nitrogens with one attached hydrogen (secondary N) is 1. The van der Waals surface area contributed by atoms with Gasteiger partial charge in [-0.1, -0.05) is 12.1 Å². The number of phenols is 1. The number of benzene rings is 1. The Morgan fingerprint density at radius 1 is 1.29 bits per heavy atom. The molecule has 0 aliphatic heterocycles. The molecule has 0 radical (unpaired) electrons. The molecule has 0 unspecified atom stereocenters. The minimum absolute atomic E-state index is 0.135. The van der Waals surface area contributed by atoms with Crippen LogP contribution in [0.4, 0.5) is 0 Å². The fourth-order valence-electron chi connectivity index (χ4n) is 1.34. The Kier molecular flexibility index (Phi) is 4.47. The second kappa shape index (κ2) is 5.86. The molecular formula is C11H15N3O3. The van der Waals surface area contributed by atoms with Gasteiger partial charge in [0.2, 0.25) is 11.8 Å². The van der Waals surface area contributed by atoms with Crippen LogP contribution in [0.1, 0.15) is 5.56 Å². The second-order valence-corrected chi connectivity index (χ2v) is 3.60. The van der Waals surface area contributed by atoms with E-state index in [0.717, 1.165) is 5.56 Å². The summed E-state index contributed by atoms with van der Waals surface area (Å²) in [4.78, 5) is 22.2. The molecule has 0 heterocycles. The molecule has 1 aromatic carbocycles. The molecule has 0 aromatic heterocycles. The van der Waals surface area contributed by atoms with E-state index in [1.807, 2.05) is 0 Å². The summed E-state index contributed by atoms with van der Waals surface area (Å²) in [6.07, 6.45) is 0.265. The Morgan fingerprint density at radius 2 is 1.88 bits per heavy atom. The molecule has 92 valence electrons. The highest BCUT2D eigenvalue weighted by molar-refractivity contribution is 5.87. The third-order valence-corrected chi connectivity index (χ3v) is 2.24. The SMILES string of the molecule is NCC(=O)N[C@@H](Cc1ccc(O)cc1)C(N)=O. The maximum absolute atomic E-state index is 11.1. The van der Waals surface area contributed by atoms with Crippen LogP contribution >= 0.6 is 0 Å². The maximum atomic E-state index is 11.1. The van der Waals surface area contributed by atoms with Crippen molar-refractivity contribution in [3.05, 3.63) is 29.8 Å². The van der Waals surface area contributed by atoms with Crippen molar-refractivity contribution < 1.29 is 14.7 Å². The Bertz CT molecular complexity index is 403. The zero-order valence-electron chi connectivity index (χ0n) is 9.22. The van der Waals surface area contributed by atoms with Gasteiger partial charge in [0.15, 0.2) is 0 Å². The summed E-state index contributed by atoms with van der Waals surface area (Å²) < 4.78 is 0. The van der Waals surface area contributed by atoms with Gasteiger partial charge in [-0.25, -0.2) is 0 Å². The van der Waals surface area contributed by atoms with E-state index < -0.39 is 17.9 Å². The topological polar surface area (TPSA) is 118 Å². The number of carbonyl (C=O) groups is 2. The molecule has 0 fully saturated rings. The molecule has 1 aromatic rings. The second-order valence-electron chi connectivity index (χ2n) is 3.60. The van der Waals surface area contributed by atoms with Crippen LogP contribution < -0.4 is 16.8 Å². The number of amides is 2. The van der Waals surface area contributed by atoms with Gasteiger partial charge < -0.3 is 21.9 Å². The molecule has 2 amide bonds. The molecule has 0 spiro atoms. The zero-order chi connectivity index (χ0) is 12.8. The average molecular weight is 237 g/mol. The lowest BCUT2D eigenvalue weighted by atomic mass is 10.1. The lowest BCUT2D eigenvalue weighted by molar-refractivity contribution is -0.126. The number of aromatic hydroxyl groups is 1. The molecule has 0 aliphatic rings. The van der Waals surface area contributed by atoms with Gasteiger partial charge in [-0.2, -0.15) is 0 Å². The number of hydrogen-bond donors (Lipinski definition) is 4. The van der Waals surface area contributed by atoms with Gasteiger partial charge in [0, 0.05) is 6.42 Å². The van der Waals surface area contributed by atoms with E-state index in [-0.39, 0.29) is 18.7 Å². The first-order valence-corrected chi connectivity index (χ1v) is 5.09. The number of nitrogens with two attached hydrogens (primary N) is 2. The number of hydrogen-bond acceptors (Lipinski definition) is 4. The predicted octanol–water partition coefficient (Wildman–Crippen LogP) is -1.14. The molecule has 1 atom stereocenters. The summed E-state index contributed by atoms with van der Waals surface area (Å²) in [5.74, 6) is -0.928. The van der Waals surface area contributed by atoms with Crippen molar-refractivity contribution in [2.75, 3.05) is 6.54 Å². The molecule has 6 nitrogen and oxygen atoms in total. The lowest BCUT2D eigenvalue weighted by Crippen LogP contribution is -2.47. The molecular weight excluding hydrogens is 222 g/mol. The first-order chi connectivity index (χ1) is 8.02. The van der Waals surface area contributed by atoms with Crippen LogP contribution in [0.25, 0.3) is 0 Å². The largest absolute Gasteiger partial charge is 0.508 e. The van der Waals surface area contributed by atoms with Gasteiger partial charge in [0.25, 0.3) is 0 Å². The monoisotopic (exact) mass is 237 g/mol. The number of phenolic OH excluding ortho intramolecular Hbond substituents is 1. The summed E-state index contributed by atoms with van der Waals surface area (Å²) in [5, 5.41) is 11.5. The molecule has 0 aliphatic carbocycles. The molecule has 0 saturated heterocycles. The maximum Gasteiger partial charge on any atom is 0.240 e. The highest BCUT2D eigenvalue weighted by Crippen LogP contribution is 2.11. The Labute approximate surface area is 98.6 Å². The Morgan fingerprint density at radius 3 is 2.35 bits per heavy atom.